The molecule has 1 aliphatic heterocycles. The molecule has 4 nitrogen and oxygen atoms in total. The molecular formula is C15H22N2O2. The van der Waals surface area contributed by atoms with Crippen LogP contribution in [-0.4, -0.2) is 43.2 Å². The monoisotopic (exact) mass is 262 g/mol. The van der Waals surface area contributed by atoms with Crippen LogP contribution in [0.1, 0.15) is 17.5 Å². The Balaban J connectivity index is 1.84. The maximum Gasteiger partial charge on any atom is 0.223 e. The number of nitrogens with two attached hydrogens (primary N) is 1. The number of nitrogens with zero attached hydrogens (tertiary/aromatic N) is 1. The molecule has 1 heterocycles. The van der Waals surface area contributed by atoms with Gasteiger partial charge in [-0.2, -0.15) is 0 Å². The van der Waals surface area contributed by atoms with E-state index in [4.69, 9.17) is 10.5 Å². The first-order chi connectivity index (χ1) is 9.19. The van der Waals surface area contributed by atoms with Gasteiger partial charge in [0.05, 0.1) is 12.7 Å². The Hall–Kier alpha value is -1.39. The summed E-state index contributed by atoms with van der Waals surface area (Å²) in [7, 11) is 0. The number of hydrogen-bond acceptors (Lipinski definition) is 3. The van der Waals surface area contributed by atoms with Gasteiger partial charge in [-0.1, -0.05) is 29.8 Å². The maximum absolute atomic E-state index is 12.1. The summed E-state index contributed by atoms with van der Waals surface area (Å²) in [6.45, 7) is 4.45. The highest BCUT2D eigenvalue weighted by Crippen LogP contribution is 2.10. The Morgan fingerprint density at radius 3 is 3.11 bits per heavy atom. The van der Waals surface area contributed by atoms with Gasteiger partial charge in [0, 0.05) is 26.1 Å². The Morgan fingerprint density at radius 2 is 2.37 bits per heavy atom. The van der Waals surface area contributed by atoms with Gasteiger partial charge in [-0.15, -0.1) is 0 Å². The number of aryl methyl sites for hydroxylation is 2. The van der Waals surface area contributed by atoms with E-state index in [1.807, 2.05) is 11.0 Å². The molecule has 1 aromatic rings. The van der Waals surface area contributed by atoms with Crippen LogP contribution in [0.5, 0.6) is 0 Å². The Morgan fingerprint density at radius 1 is 1.53 bits per heavy atom. The van der Waals surface area contributed by atoms with Crippen LogP contribution in [0.15, 0.2) is 24.3 Å². The van der Waals surface area contributed by atoms with Crippen LogP contribution < -0.4 is 5.73 Å². The van der Waals surface area contributed by atoms with Crippen molar-refractivity contribution < 1.29 is 9.53 Å². The van der Waals surface area contributed by atoms with Crippen LogP contribution in [-0.2, 0) is 16.0 Å². The predicted molar refractivity (Wildman–Crippen MR) is 74.9 cm³/mol. The largest absolute Gasteiger partial charge is 0.373 e. The lowest BCUT2D eigenvalue weighted by atomic mass is 10.1. The molecule has 1 aromatic carbocycles. The number of carbonyl (C=O) groups is 1. The average molecular weight is 262 g/mol. The molecule has 0 radical (unpaired) electrons. The minimum Gasteiger partial charge on any atom is -0.373 e. The summed E-state index contributed by atoms with van der Waals surface area (Å²) in [6.07, 6.45) is 1.35. The number of hydrogen-bond donors (Lipinski definition) is 1. The molecule has 1 fully saturated rings. The number of amides is 1. The molecule has 1 atom stereocenters. The van der Waals surface area contributed by atoms with Gasteiger partial charge >= 0.3 is 0 Å². The van der Waals surface area contributed by atoms with E-state index >= 15 is 0 Å². The third-order valence-electron chi connectivity index (χ3n) is 3.46. The lowest BCUT2D eigenvalue weighted by molar-refractivity contribution is -0.138. The van der Waals surface area contributed by atoms with Crippen molar-refractivity contribution in [2.24, 2.45) is 5.73 Å². The fraction of sp³-hybridized carbons (Fsp3) is 0.533. The van der Waals surface area contributed by atoms with Crippen molar-refractivity contribution >= 4 is 5.91 Å². The first-order valence-corrected chi connectivity index (χ1v) is 6.84. The maximum atomic E-state index is 12.1. The first-order valence-electron chi connectivity index (χ1n) is 6.84. The second-order valence-electron chi connectivity index (χ2n) is 5.06. The minimum atomic E-state index is -0.00308. The van der Waals surface area contributed by atoms with Crippen molar-refractivity contribution in [1.82, 2.24) is 4.90 Å². The molecular weight excluding hydrogens is 240 g/mol. The Bertz CT molecular complexity index is 434. The molecule has 19 heavy (non-hydrogen) atoms. The van der Waals surface area contributed by atoms with Crippen LogP contribution in [0.3, 0.4) is 0 Å². The highest BCUT2D eigenvalue weighted by Gasteiger charge is 2.22. The molecule has 4 heteroatoms. The van der Waals surface area contributed by atoms with E-state index in [-0.39, 0.29) is 12.0 Å². The van der Waals surface area contributed by atoms with Gasteiger partial charge in [-0.3, -0.25) is 4.79 Å². The van der Waals surface area contributed by atoms with E-state index in [9.17, 15) is 4.79 Å². The molecule has 1 unspecified atom stereocenters. The Labute approximate surface area is 114 Å². The van der Waals surface area contributed by atoms with Gasteiger partial charge in [0.1, 0.15) is 0 Å². The fourth-order valence-corrected chi connectivity index (χ4v) is 2.37. The summed E-state index contributed by atoms with van der Waals surface area (Å²) in [5, 5.41) is 0. The second kappa shape index (κ2) is 6.68. The molecule has 0 saturated carbocycles. The molecule has 0 aromatic heterocycles. The fourth-order valence-electron chi connectivity index (χ4n) is 2.37. The van der Waals surface area contributed by atoms with Crippen LogP contribution >= 0.6 is 0 Å². The molecule has 0 spiro atoms. The van der Waals surface area contributed by atoms with Crippen LogP contribution in [0.4, 0.5) is 0 Å². The quantitative estimate of drug-likeness (QED) is 0.884. The summed E-state index contributed by atoms with van der Waals surface area (Å²) < 4.78 is 5.47. The summed E-state index contributed by atoms with van der Waals surface area (Å²) >= 11 is 0. The molecule has 1 amide bonds. The zero-order valence-electron chi connectivity index (χ0n) is 11.5. The predicted octanol–water partition coefficient (Wildman–Crippen LogP) is 1.11. The Kier molecular flexibility index (Phi) is 4.93. The number of benzene rings is 1. The number of rotatable bonds is 4. The zero-order chi connectivity index (χ0) is 13.7. The van der Waals surface area contributed by atoms with Gasteiger partial charge in [0.2, 0.25) is 5.91 Å². The molecule has 1 aliphatic rings. The van der Waals surface area contributed by atoms with E-state index in [1.54, 1.807) is 0 Å². The van der Waals surface area contributed by atoms with Crippen molar-refractivity contribution in [2.45, 2.75) is 25.9 Å². The van der Waals surface area contributed by atoms with Crippen LogP contribution in [0.2, 0.25) is 0 Å². The first kappa shape index (κ1) is 14.0. The summed E-state index contributed by atoms with van der Waals surface area (Å²) in [6, 6.07) is 8.31. The number of ether oxygens (including phenoxy) is 1. The third-order valence-corrected chi connectivity index (χ3v) is 3.46. The minimum absolute atomic E-state index is 0.00308. The molecule has 2 N–H and O–H groups in total. The van der Waals surface area contributed by atoms with Gasteiger partial charge in [0.15, 0.2) is 0 Å². The van der Waals surface area contributed by atoms with Crippen molar-refractivity contribution in [3.63, 3.8) is 0 Å². The molecule has 0 aliphatic carbocycles. The van der Waals surface area contributed by atoms with E-state index in [1.165, 1.54) is 11.1 Å². The lowest BCUT2D eigenvalue weighted by Crippen LogP contribution is -2.48. The van der Waals surface area contributed by atoms with Crippen molar-refractivity contribution in [3.8, 4) is 0 Å². The third kappa shape index (κ3) is 4.04. The van der Waals surface area contributed by atoms with Crippen LogP contribution in [0.25, 0.3) is 0 Å². The van der Waals surface area contributed by atoms with Crippen LogP contribution in [0, 0.1) is 6.92 Å². The summed E-state index contributed by atoms with van der Waals surface area (Å²) in [5.41, 5.74) is 8.04. The number of morpholine rings is 1. The second-order valence-corrected chi connectivity index (χ2v) is 5.06. The molecule has 0 bridgehead atoms. The number of carbonyl (C=O) groups excluding carboxylic acids is 1. The van der Waals surface area contributed by atoms with Gasteiger partial charge in [-0.25, -0.2) is 0 Å². The van der Waals surface area contributed by atoms with Crippen molar-refractivity contribution in [2.75, 3.05) is 26.2 Å². The van der Waals surface area contributed by atoms with E-state index in [0.29, 0.717) is 32.7 Å². The highest BCUT2D eigenvalue weighted by atomic mass is 16.5. The van der Waals surface area contributed by atoms with E-state index < -0.39 is 0 Å². The molecule has 1 saturated heterocycles. The standard InChI is InChI=1S/C15H22N2O2/c1-12-3-2-4-13(9-12)5-6-15(18)17-7-8-19-14(10-16)11-17/h2-4,9,14H,5-8,10-11,16H2,1H3. The summed E-state index contributed by atoms with van der Waals surface area (Å²) in [4.78, 5) is 14.0. The topological polar surface area (TPSA) is 55.6 Å². The SMILES string of the molecule is Cc1cccc(CCC(=O)N2CCOC(CN)C2)c1. The van der Waals surface area contributed by atoms with Gasteiger partial charge in [-0.05, 0) is 18.9 Å². The lowest BCUT2D eigenvalue weighted by Gasteiger charge is -2.32. The smallest absolute Gasteiger partial charge is 0.223 e. The normalized spacial score (nSPS) is 19.5. The van der Waals surface area contributed by atoms with E-state index in [0.717, 1.165) is 6.42 Å². The van der Waals surface area contributed by atoms with Gasteiger partial charge in [0.25, 0.3) is 0 Å². The van der Waals surface area contributed by atoms with Gasteiger partial charge < -0.3 is 15.4 Å². The average Bonchev–Trinajstić information content (AvgIpc) is 2.45. The van der Waals surface area contributed by atoms with Crippen molar-refractivity contribution in [1.29, 1.82) is 0 Å². The zero-order valence-corrected chi connectivity index (χ0v) is 11.5. The molecule has 104 valence electrons. The highest BCUT2D eigenvalue weighted by molar-refractivity contribution is 5.76. The summed E-state index contributed by atoms with van der Waals surface area (Å²) in [5.74, 6) is 0.197. The van der Waals surface area contributed by atoms with Crippen molar-refractivity contribution in [3.05, 3.63) is 35.4 Å². The van der Waals surface area contributed by atoms with E-state index in [2.05, 4.69) is 25.1 Å². The molecule has 2 rings (SSSR count).